The number of amides is 1. The number of nitrogens with one attached hydrogen (secondary N) is 1. The number of carboxylic acid groups (broad SMARTS) is 1. The van der Waals surface area contributed by atoms with Gasteiger partial charge in [-0.15, -0.1) is 0 Å². The molecular weight excluding hydrogens is 298 g/mol. The zero-order valence-corrected chi connectivity index (χ0v) is 13.1. The van der Waals surface area contributed by atoms with Gasteiger partial charge in [-0.1, -0.05) is 30.3 Å². The first-order chi connectivity index (χ1) is 11.1. The molecule has 6 heteroatoms. The van der Waals surface area contributed by atoms with E-state index in [1.807, 2.05) is 30.3 Å². The molecule has 0 unspecified atom stereocenters. The lowest BCUT2D eigenvalue weighted by atomic mass is 10.1. The van der Waals surface area contributed by atoms with Crippen molar-refractivity contribution in [3.8, 4) is 0 Å². The van der Waals surface area contributed by atoms with Crippen LogP contribution < -0.4 is 5.32 Å². The molecule has 1 aromatic carbocycles. The van der Waals surface area contributed by atoms with Crippen LogP contribution in [0.3, 0.4) is 0 Å². The van der Waals surface area contributed by atoms with Crippen molar-refractivity contribution in [3.05, 3.63) is 35.9 Å². The molecule has 0 aliphatic carbocycles. The number of hydrogen-bond acceptors (Lipinski definition) is 4. The van der Waals surface area contributed by atoms with Crippen LogP contribution in [0.1, 0.15) is 24.8 Å². The molecule has 126 valence electrons. The Bertz CT molecular complexity index is 499. The van der Waals surface area contributed by atoms with Crippen LogP contribution in [0.4, 0.5) is 0 Å². The van der Waals surface area contributed by atoms with Crippen LogP contribution in [-0.2, 0) is 25.5 Å². The van der Waals surface area contributed by atoms with E-state index >= 15 is 0 Å². The van der Waals surface area contributed by atoms with Gasteiger partial charge in [0.2, 0.25) is 5.91 Å². The van der Waals surface area contributed by atoms with Gasteiger partial charge < -0.3 is 19.9 Å². The monoisotopic (exact) mass is 321 g/mol. The van der Waals surface area contributed by atoms with Crippen LogP contribution in [0, 0.1) is 0 Å². The number of carboxylic acids is 1. The maximum atomic E-state index is 11.9. The molecule has 2 rings (SSSR count). The summed E-state index contributed by atoms with van der Waals surface area (Å²) in [4.78, 5) is 23.2. The molecule has 1 aliphatic rings. The van der Waals surface area contributed by atoms with Gasteiger partial charge in [-0.25, -0.2) is 4.79 Å². The summed E-state index contributed by atoms with van der Waals surface area (Å²) in [6.07, 6.45) is 2.25. The number of ether oxygens (including phenoxy) is 2. The summed E-state index contributed by atoms with van der Waals surface area (Å²) in [5.41, 5.74) is 0.874. The largest absolute Gasteiger partial charge is 0.480 e. The number of carbonyl (C=O) groups is 2. The van der Waals surface area contributed by atoms with Gasteiger partial charge in [-0.3, -0.25) is 4.79 Å². The van der Waals surface area contributed by atoms with E-state index in [2.05, 4.69) is 5.32 Å². The summed E-state index contributed by atoms with van der Waals surface area (Å²) < 4.78 is 10.9. The zero-order chi connectivity index (χ0) is 16.5. The third-order valence-corrected chi connectivity index (χ3v) is 3.77. The van der Waals surface area contributed by atoms with Crippen LogP contribution in [-0.4, -0.2) is 48.9 Å². The highest BCUT2D eigenvalue weighted by Crippen LogP contribution is 2.10. The second-order valence-corrected chi connectivity index (χ2v) is 5.58. The predicted molar refractivity (Wildman–Crippen MR) is 84.1 cm³/mol. The Morgan fingerprint density at radius 2 is 1.96 bits per heavy atom. The van der Waals surface area contributed by atoms with E-state index in [0.717, 1.165) is 18.4 Å². The first-order valence-electron chi connectivity index (χ1n) is 7.90. The summed E-state index contributed by atoms with van der Waals surface area (Å²) in [6.45, 7) is 1.68. The lowest BCUT2D eigenvalue weighted by Crippen LogP contribution is -2.42. The van der Waals surface area contributed by atoms with Gasteiger partial charge in [0.25, 0.3) is 0 Å². The van der Waals surface area contributed by atoms with Gasteiger partial charge in [0, 0.05) is 26.1 Å². The normalized spacial score (nSPS) is 16.7. The molecule has 1 amide bonds. The van der Waals surface area contributed by atoms with Crippen molar-refractivity contribution in [2.24, 2.45) is 0 Å². The Hall–Kier alpha value is -1.92. The first kappa shape index (κ1) is 17.4. The fourth-order valence-electron chi connectivity index (χ4n) is 2.48. The topological polar surface area (TPSA) is 84.9 Å². The average molecular weight is 321 g/mol. The summed E-state index contributed by atoms with van der Waals surface area (Å²) in [5, 5.41) is 11.8. The van der Waals surface area contributed by atoms with Crippen molar-refractivity contribution in [3.63, 3.8) is 0 Å². The van der Waals surface area contributed by atoms with Crippen molar-refractivity contribution in [2.45, 2.75) is 37.8 Å². The Labute approximate surface area is 135 Å². The smallest absolute Gasteiger partial charge is 0.326 e. The molecule has 0 spiro atoms. The van der Waals surface area contributed by atoms with E-state index in [-0.39, 0.29) is 24.9 Å². The highest BCUT2D eigenvalue weighted by Gasteiger charge is 2.20. The Morgan fingerprint density at radius 1 is 1.26 bits per heavy atom. The molecule has 1 saturated heterocycles. The highest BCUT2D eigenvalue weighted by molar-refractivity contribution is 5.83. The average Bonchev–Trinajstić information content (AvgIpc) is 2.56. The SMILES string of the molecule is O=C(CCOC1CCOCC1)N[C@@H](Cc1ccccc1)C(=O)O. The van der Waals surface area contributed by atoms with Crippen LogP contribution in [0.5, 0.6) is 0 Å². The quantitative estimate of drug-likeness (QED) is 0.756. The van der Waals surface area contributed by atoms with Crippen molar-refractivity contribution in [2.75, 3.05) is 19.8 Å². The van der Waals surface area contributed by atoms with Crippen molar-refractivity contribution in [1.29, 1.82) is 0 Å². The second-order valence-electron chi connectivity index (χ2n) is 5.58. The Balaban J connectivity index is 1.73. The van der Waals surface area contributed by atoms with Crippen molar-refractivity contribution >= 4 is 11.9 Å². The fraction of sp³-hybridized carbons (Fsp3) is 0.529. The van der Waals surface area contributed by atoms with Gasteiger partial charge in [0.05, 0.1) is 12.7 Å². The van der Waals surface area contributed by atoms with Gasteiger partial charge >= 0.3 is 5.97 Å². The molecule has 1 aromatic rings. The maximum Gasteiger partial charge on any atom is 0.326 e. The molecule has 0 saturated carbocycles. The Kier molecular flexibility index (Phi) is 7.03. The van der Waals surface area contributed by atoms with E-state index in [0.29, 0.717) is 19.8 Å². The lowest BCUT2D eigenvalue weighted by Gasteiger charge is -2.22. The molecular formula is C17H23NO5. The van der Waals surface area contributed by atoms with Gasteiger partial charge in [-0.2, -0.15) is 0 Å². The number of carbonyl (C=O) groups excluding carboxylic acids is 1. The summed E-state index contributed by atoms with van der Waals surface area (Å²) in [6, 6.07) is 8.32. The maximum absolute atomic E-state index is 11.9. The van der Waals surface area contributed by atoms with Crippen molar-refractivity contribution in [1.82, 2.24) is 5.32 Å². The molecule has 1 aliphatic heterocycles. The van der Waals surface area contributed by atoms with Gasteiger partial charge in [0.15, 0.2) is 0 Å². The second kappa shape index (κ2) is 9.27. The molecule has 0 bridgehead atoms. The third kappa shape index (κ3) is 6.38. The molecule has 6 nitrogen and oxygen atoms in total. The Morgan fingerprint density at radius 3 is 2.61 bits per heavy atom. The molecule has 0 radical (unpaired) electrons. The zero-order valence-electron chi connectivity index (χ0n) is 13.1. The molecule has 0 aromatic heterocycles. The van der Waals surface area contributed by atoms with E-state index in [1.54, 1.807) is 0 Å². The summed E-state index contributed by atoms with van der Waals surface area (Å²) in [5.74, 6) is -1.34. The number of hydrogen-bond donors (Lipinski definition) is 2. The van der Waals surface area contributed by atoms with E-state index in [9.17, 15) is 14.7 Å². The van der Waals surface area contributed by atoms with Gasteiger partial charge in [0.1, 0.15) is 6.04 Å². The highest BCUT2D eigenvalue weighted by atomic mass is 16.5. The minimum atomic E-state index is -1.03. The number of benzene rings is 1. The van der Waals surface area contributed by atoms with Gasteiger partial charge in [-0.05, 0) is 18.4 Å². The van der Waals surface area contributed by atoms with Crippen LogP contribution in [0.25, 0.3) is 0 Å². The molecule has 23 heavy (non-hydrogen) atoms. The third-order valence-electron chi connectivity index (χ3n) is 3.77. The predicted octanol–water partition coefficient (Wildman–Crippen LogP) is 1.38. The van der Waals surface area contributed by atoms with E-state index in [4.69, 9.17) is 9.47 Å². The van der Waals surface area contributed by atoms with Crippen LogP contribution in [0.15, 0.2) is 30.3 Å². The van der Waals surface area contributed by atoms with Crippen LogP contribution >= 0.6 is 0 Å². The molecule has 1 heterocycles. The first-order valence-corrected chi connectivity index (χ1v) is 7.90. The number of rotatable bonds is 8. The van der Waals surface area contributed by atoms with Crippen LogP contribution in [0.2, 0.25) is 0 Å². The minimum absolute atomic E-state index is 0.135. The fourth-order valence-corrected chi connectivity index (χ4v) is 2.48. The molecule has 1 atom stereocenters. The van der Waals surface area contributed by atoms with E-state index < -0.39 is 12.0 Å². The standard InChI is InChI=1S/C17H23NO5/c19-16(8-11-23-14-6-9-22-10-7-14)18-15(17(20)21)12-13-4-2-1-3-5-13/h1-5,14-15H,6-12H2,(H,18,19)(H,20,21)/t15-/m0/s1. The van der Waals surface area contributed by atoms with Crippen molar-refractivity contribution < 1.29 is 24.2 Å². The van der Waals surface area contributed by atoms with E-state index in [1.165, 1.54) is 0 Å². The summed E-state index contributed by atoms with van der Waals surface area (Å²) >= 11 is 0. The minimum Gasteiger partial charge on any atom is -0.480 e. The lowest BCUT2D eigenvalue weighted by molar-refractivity contribution is -0.142. The number of aliphatic carboxylic acids is 1. The molecule has 1 fully saturated rings. The summed E-state index contributed by atoms with van der Waals surface area (Å²) in [7, 11) is 0. The molecule has 2 N–H and O–H groups in total.